The molecular formula is C65H128NO21P. The van der Waals surface area contributed by atoms with Crippen LogP contribution in [-0.4, -0.2) is 208 Å². The summed E-state index contributed by atoms with van der Waals surface area (Å²) < 4.78 is 98.6. The maximum absolute atomic E-state index is 12.9. The van der Waals surface area contributed by atoms with E-state index in [2.05, 4.69) is 19.2 Å². The van der Waals surface area contributed by atoms with Crippen LogP contribution in [0, 0.1) is 0 Å². The molecule has 524 valence electrons. The number of hydrogen-bond acceptors (Lipinski definition) is 20. The van der Waals surface area contributed by atoms with Crippen molar-refractivity contribution in [3.8, 4) is 0 Å². The summed E-state index contributed by atoms with van der Waals surface area (Å²) in [7, 11) is -3.01. The molecule has 0 aromatic heterocycles. The summed E-state index contributed by atoms with van der Waals surface area (Å²) in [5.41, 5.74) is 0. The lowest BCUT2D eigenvalue weighted by molar-refractivity contribution is -0.161. The van der Waals surface area contributed by atoms with E-state index in [0.29, 0.717) is 138 Å². The van der Waals surface area contributed by atoms with Gasteiger partial charge in [-0.05, 0) is 12.8 Å². The molecule has 0 aliphatic carbocycles. The Morgan fingerprint density at radius 1 is 0.341 bits per heavy atom. The van der Waals surface area contributed by atoms with Crippen LogP contribution in [0.15, 0.2) is 0 Å². The number of rotatable bonds is 75. The van der Waals surface area contributed by atoms with Crippen molar-refractivity contribution < 1.29 is 99.2 Å². The van der Waals surface area contributed by atoms with Gasteiger partial charge in [-0.25, -0.2) is 9.36 Å². The molecule has 1 unspecified atom stereocenters. The van der Waals surface area contributed by atoms with Gasteiger partial charge in [-0.3, -0.25) is 18.6 Å². The summed E-state index contributed by atoms with van der Waals surface area (Å²) in [4.78, 5) is 48.1. The lowest BCUT2D eigenvalue weighted by Crippen LogP contribution is -2.30. The molecule has 0 aromatic carbocycles. The zero-order valence-corrected chi connectivity index (χ0v) is 56.5. The number of alkyl carbamates (subject to hydrolysis) is 1. The molecule has 0 rings (SSSR count). The fraction of sp³-hybridized carbons (Fsp3) is 0.954. The zero-order chi connectivity index (χ0) is 63.8. The molecule has 0 aromatic rings. The first-order valence-electron chi connectivity index (χ1n) is 34.4. The number of esters is 2. The SMILES string of the molecule is CCCCCCCCCCCCCCCCCC(=O)OC[C@H](COP(=O)(O)OCCNC(=O)OCCOCCOCCOCCOCCOCCOCCOCCOCCOCCOCCOC)OC(=O)CCCCCCCCCCCCCCCCC. The predicted octanol–water partition coefficient (Wildman–Crippen LogP) is 12.6. The topological polar surface area (TPSA) is 248 Å². The monoisotopic (exact) mass is 1290 g/mol. The Morgan fingerprint density at radius 2 is 0.625 bits per heavy atom. The lowest BCUT2D eigenvalue weighted by atomic mass is 10.0. The molecule has 2 N–H and O–H groups in total. The first-order valence-corrected chi connectivity index (χ1v) is 35.9. The van der Waals surface area contributed by atoms with E-state index in [4.69, 9.17) is 75.4 Å². The van der Waals surface area contributed by atoms with Gasteiger partial charge in [-0.15, -0.1) is 0 Å². The molecule has 0 aliphatic rings. The molecule has 1 amide bonds. The van der Waals surface area contributed by atoms with E-state index in [1.165, 1.54) is 141 Å². The van der Waals surface area contributed by atoms with Gasteiger partial charge in [0.25, 0.3) is 0 Å². The lowest BCUT2D eigenvalue weighted by Gasteiger charge is -2.20. The molecule has 23 heteroatoms. The smallest absolute Gasteiger partial charge is 0.462 e. The van der Waals surface area contributed by atoms with Crippen LogP contribution < -0.4 is 5.32 Å². The van der Waals surface area contributed by atoms with E-state index in [0.717, 1.165) is 38.5 Å². The highest BCUT2D eigenvalue weighted by atomic mass is 31.2. The number of unbranched alkanes of at least 4 members (excludes halogenated alkanes) is 28. The van der Waals surface area contributed by atoms with Gasteiger partial charge in [0, 0.05) is 26.5 Å². The van der Waals surface area contributed by atoms with Gasteiger partial charge in [-0.1, -0.05) is 194 Å². The minimum absolute atomic E-state index is 0.0293. The van der Waals surface area contributed by atoms with Gasteiger partial charge in [0.1, 0.15) is 13.2 Å². The van der Waals surface area contributed by atoms with Crippen molar-refractivity contribution in [1.82, 2.24) is 5.32 Å². The average molecular weight is 1290 g/mol. The van der Waals surface area contributed by atoms with Crippen LogP contribution in [0.5, 0.6) is 0 Å². The van der Waals surface area contributed by atoms with Crippen LogP contribution in [0.1, 0.15) is 219 Å². The van der Waals surface area contributed by atoms with Crippen LogP contribution in [0.3, 0.4) is 0 Å². The number of hydrogen-bond donors (Lipinski definition) is 2. The van der Waals surface area contributed by atoms with E-state index < -0.39 is 38.6 Å². The van der Waals surface area contributed by atoms with Crippen molar-refractivity contribution in [2.75, 3.05) is 179 Å². The summed E-state index contributed by atoms with van der Waals surface area (Å²) in [5.74, 6) is -0.926. The Morgan fingerprint density at radius 3 is 0.943 bits per heavy atom. The second-order valence-corrected chi connectivity index (χ2v) is 23.4. The van der Waals surface area contributed by atoms with E-state index in [-0.39, 0.29) is 52.4 Å². The molecule has 0 aliphatic heterocycles. The van der Waals surface area contributed by atoms with E-state index in [9.17, 15) is 23.8 Å². The molecule has 2 atom stereocenters. The Bertz CT molecular complexity index is 1490. The minimum atomic E-state index is -4.65. The summed E-state index contributed by atoms with van der Waals surface area (Å²) in [6.07, 6.45) is 35.0. The number of methoxy groups -OCH3 is 1. The number of phosphoric ester groups is 1. The third-order valence-corrected chi connectivity index (χ3v) is 15.0. The number of nitrogens with one attached hydrogen (secondary N) is 1. The van der Waals surface area contributed by atoms with Crippen molar-refractivity contribution in [2.24, 2.45) is 0 Å². The van der Waals surface area contributed by atoms with Gasteiger partial charge in [0.15, 0.2) is 6.10 Å². The summed E-state index contributed by atoms with van der Waals surface area (Å²) in [6.45, 7) is 12.4. The predicted molar refractivity (Wildman–Crippen MR) is 341 cm³/mol. The van der Waals surface area contributed by atoms with Gasteiger partial charge in [-0.2, -0.15) is 0 Å². The van der Waals surface area contributed by atoms with Crippen molar-refractivity contribution >= 4 is 25.9 Å². The van der Waals surface area contributed by atoms with E-state index in [1.807, 2.05) is 0 Å². The average Bonchev–Trinajstić information content (AvgIpc) is 3.58. The second kappa shape index (κ2) is 72.3. The molecule has 0 saturated carbocycles. The normalized spacial score (nSPS) is 12.6. The summed E-state index contributed by atoms with van der Waals surface area (Å²) in [5, 5.41) is 2.43. The summed E-state index contributed by atoms with van der Waals surface area (Å²) in [6, 6.07) is 0. The maximum Gasteiger partial charge on any atom is 0.472 e. The Balaban J connectivity index is 4.14. The highest BCUT2D eigenvalue weighted by Gasteiger charge is 2.26. The first kappa shape index (κ1) is 85.9. The van der Waals surface area contributed by atoms with Gasteiger partial charge in [0.2, 0.25) is 0 Å². The third kappa shape index (κ3) is 71.3. The van der Waals surface area contributed by atoms with Crippen LogP contribution in [0.2, 0.25) is 0 Å². The highest BCUT2D eigenvalue weighted by molar-refractivity contribution is 7.47. The molecule has 0 bridgehead atoms. The Hall–Kier alpha value is -2.12. The van der Waals surface area contributed by atoms with Crippen molar-refractivity contribution in [2.45, 2.75) is 225 Å². The van der Waals surface area contributed by atoms with Gasteiger partial charge in [0.05, 0.1) is 152 Å². The quantitative estimate of drug-likeness (QED) is 0.0249. The number of amides is 1. The van der Waals surface area contributed by atoms with Crippen LogP contribution >= 0.6 is 7.82 Å². The molecule has 0 fully saturated rings. The largest absolute Gasteiger partial charge is 0.472 e. The third-order valence-electron chi connectivity index (χ3n) is 14.0. The van der Waals surface area contributed by atoms with Crippen LogP contribution in [-0.2, 0) is 89.5 Å². The number of carbonyl (C=O) groups excluding carboxylic acids is 3. The standard InChI is InChI=1S/C65H128NO21P/c1-4-6-8-10-12-14-16-18-20-22-24-26-28-30-32-34-63(67)84-60-62(87-64(68)35-33-31-29-27-25-23-21-19-17-15-13-11-9-7-5-2)61-86-88(70,71)85-37-36-66-65(69)83-59-58-82-57-56-81-55-54-80-53-52-79-51-50-78-49-48-77-47-46-76-45-44-75-43-42-74-41-40-73-39-38-72-3/h62H,4-61H2,1-3H3,(H,66,69)(H,70,71)/t62-/m1/s1. The molecule has 22 nitrogen and oxygen atoms in total. The molecule has 0 radical (unpaired) electrons. The van der Waals surface area contributed by atoms with Gasteiger partial charge >= 0.3 is 25.9 Å². The molecule has 0 heterocycles. The first-order chi connectivity index (χ1) is 43.2. The van der Waals surface area contributed by atoms with Gasteiger partial charge < -0.3 is 76.5 Å². The van der Waals surface area contributed by atoms with Crippen molar-refractivity contribution in [3.63, 3.8) is 0 Å². The highest BCUT2D eigenvalue weighted by Crippen LogP contribution is 2.43. The maximum atomic E-state index is 12.9. The summed E-state index contributed by atoms with van der Waals surface area (Å²) >= 11 is 0. The second-order valence-electron chi connectivity index (χ2n) is 22.0. The van der Waals surface area contributed by atoms with E-state index in [1.54, 1.807) is 7.11 Å². The van der Waals surface area contributed by atoms with Crippen molar-refractivity contribution in [1.29, 1.82) is 0 Å². The fourth-order valence-corrected chi connectivity index (χ4v) is 9.65. The number of ether oxygens (including phenoxy) is 14. The van der Waals surface area contributed by atoms with Crippen molar-refractivity contribution in [3.05, 3.63) is 0 Å². The van der Waals surface area contributed by atoms with E-state index >= 15 is 0 Å². The minimum Gasteiger partial charge on any atom is -0.462 e. The molecular weight excluding hydrogens is 1160 g/mol. The Kier molecular flexibility index (Phi) is 70.6. The molecule has 88 heavy (non-hydrogen) atoms. The Labute approximate surface area is 532 Å². The molecule has 0 spiro atoms. The number of phosphoric acid groups is 1. The molecule has 0 saturated heterocycles. The number of carbonyl (C=O) groups is 3. The fourth-order valence-electron chi connectivity index (χ4n) is 8.90. The van der Waals surface area contributed by atoms with Crippen LogP contribution in [0.25, 0.3) is 0 Å². The zero-order valence-electron chi connectivity index (χ0n) is 55.6. The van der Waals surface area contributed by atoms with Crippen LogP contribution in [0.4, 0.5) is 4.79 Å².